The molecule has 2 heterocycles. The molecular weight excluding hydrogens is 330 g/mol. The first-order chi connectivity index (χ1) is 11.4. The number of amides is 1. The van der Waals surface area contributed by atoms with Gasteiger partial charge in [-0.2, -0.15) is 4.31 Å². The molecule has 1 amide bonds. The molecule has 8 heteroatoms. The maximum Gasteiger partial charge on any atom is 0.250 e. The third kappa shape index (κ3) is 3.55. The molecule has 0 aliphatic carbocycles. The number of rotatable bonds is 4. The van der Waals surface area contributed by atoms with Gasteiger partial charge in [-0.15, -0.1) is 0 Å². The number of anilines is 1. The molecule has 24 heavy (non-hydrogen) atoms. The van der Waals surface area contributed by atoms with Crippen molar-refractivity contribution in [1.29, 1.82) is 0 Å². The largest absolute Gasteiger partial charge is 0.369 e. The van der Waals surface area contributed by atoms with E-state index in [9.17, 15) is 18.4 Å². The molecule has 0 radical (unpaired) electrons. The fourth-order valence-corrected chi connectivity index (χ4v) is 4.97. The normalized spacial score (nSPS) is 23.1. The Morgan fingerprint density at radius 1 is 1.08 bits per heavy atom. The van der Waals surface area contributed by atoms with Crippen molar-refractivity contribution >= 4 is 21.6 Å². The van der Waals surface area contributed by atoms with Crippen molar-refractivity contribution in [3.63, 3.8) is 0 Å². The van der Waals surface area contributed by atoms with E-state index in [1.54, 1.807) is 0 Å². The van der Waals surface area contributed by atoms with E-state index in [4.69, 9.17) is 0 Å². The van der Waals surface area contributed by atoms with Crippen LogP contribution in [-0.4, -0.2) is 67.4 Å². The average Bonchev–Trinajstić information content (AvgIpc) is 2.87. The van der Waals surface area contributed by atoms with Crippen LogP contribution in [-0.2, 0) is 14.8 Å². The van der Waals surface area contributed by atoms with Crippen molar-refractivity contribution < 1.29 is 18.4 Å². The Hall–Kier alpha value is -1.64. The summed E-state index contributed by atoms with van der Waals surface area (Å²) < 4.78 is 26.5. The maximum absolute atomic E-state index is 12.5. The minimum atomic E-state index is -3.49. The van der Waals surface area contributed by atoms with Crippen molar-refractivity contribution in [3.8, 4) is 0 Å². The van der Waals surface area contributed by atoms with Gasteiger partial charge in [-0.05, 0) is 25.5 Å². The molecule has 0 bridgehead atoms. The summed E-state index contributed by atoms with van der Waals surface area (Å²) in [5, 5.41) is 9.94. The highest BCUT2D eigenvalue weighted by Gasteiger charge is 2.37. The van der Waals surface area contributed by atoms with Gasteiger partial charge < -0.3 is 4.90 Å². The van der Waals surface area contributed by atoms with Crippen LogP contribution in [0.1, 0.15) is 12.0 Å². The summed E-state index contributed by atoms with van der Waals surface area (Å²) >= 11 is 0. The van der Waals surface area contributed by atoms with Gasteiger partial charge >= 0.3 is 0 Å². The Morgan fingerprint density at radius 2 is 1.71 bits per heavy atom. The van der Waals surface area contributed by atoms with Gasteiger partial charge in [-0.25, -0.2) is 13.5 Å². The van der Waals surface area contributed by atoms with Crippen LogP contribution in [0.5, 0.6) is 0 Å². The van der Waals surface area contributed by atoms with Crippen molar-refractivity contribution in [2.24, 2.45) is 5.92 Å². The summed E-state index contributed by atoms with van der Waals surface area (Å²) in [4.78, 5) is 13.9. The molecule has 2 fully saturated rings. The zero-order chi connectivity index (χ0) is 17.3. The van der Waals surface area contributed by atoms with Crippen LogP contribution in [0.25, 0.3) is 0 Å². The van der Waals surface area contributed by atoms with Crippen LogP contribution in [0.2, 0.25) is 0 Å². The minimum Gasteiger partial charge on any atom is -0.369 e. The topological polar surface area (TPSA) is 81.2 Å². The molecule has 1 aromatic carbocycles. The Labute approximate surface area is 142 Å². The van der Waals surface area contributed by atoms with Crippen LogP contribution in [0.4, 0.5) is 5.69 Å². The summed E-state index contributed by atoms with van der Waals surface area (Å²) in [5.41, 5.74) is 2.29. The molecule has 1 aromatic rings. The second-order valence-electron chi connectivity index (χ2n) is 6.45. The predicted octanol–water partition coefficient (Wildman–Crippen LogP) is 0.685. The number of sulfonamides is 1. The van der Waals surface area contributed by atoms with E-state index in [0.717, 1.165) is 5.69 Å². The first kappa shape index (κ1) is 17.2. The molecule has 7 nitrogen and oxygen atoms in total. The van der Waals surface area contributed by atoms with Crippen LogP contribution in [0.3, 0.4) is 0 Å². The number of hydrogen-bond donors (Lipinski definition) is 1. The standard InChI is InChI=1S/C16H23N3O4S/c1-13-2-4-15(5-3-13)17-8-10-18(11-9-17)24(22,23)12-14-6-7-19(21)16(14)20/h2-5,14,21H,6-12H2,1H3. The van der Waals surface area contributed by atoms with Crippen LogP contribution in [0, 0.1) is 12.8 Å². The smallest absolute Gasteiger partial charge is 0.250 e. The lowest BCUT2D eigenvalue weighted by molar-refractivity contribution is -0.159. The van der Waals surface area contributed by atoms with E-state index in [0.29, 0.717) is 37.7 Å². The Balaban J connectivity index is 1.59. The van der Waals surface area contributed by atoms with Gasteiger partial charge in [0.15, 0.2) is 0 Å². The lowest BCUT2D eigenvalue weighted by atomic mass is 10.1. The third-order valence-electron chi connectivity index (χ3n) is 4.74. The third-order valence-corrected chi connectivity index (χ3v) is 6.71. The number of carbonyl (C=O) groups excluding carboxylic acids is 1. The highest BCUT2D eigenvalue weighted by atomic mass is 32.2. The highest BCUT2D eigenvalue weighted by molar-refractivity contribution is 7.89. The summed E-state index contributed by atoms with van der Waals surface area (Å²) in [6, 6.07) is 8.19. The lowest BCUT2D eigenvalue weighted by Crippen LogP contribution is -2.50. The van der Waals surface area contributed by atoms with Crippen molar-refractivity contribution in [2.45, 2.75) is 13.3 Å². The van der Waals surface area contributed by atoms with Gasteiger partial charge in [0.25, 0.3) is 0 Å². The summed E-state index contributed by atoms with van der Waals surface area (Å²) in [6.45, 7) is 4.34. The molecule has 1 N–H and O–H groups in total. The van der Waals surface area contributed by atoms with Gasteiger partial charge in [0.1, 0.15) is 0 Å². The average molecular weight is 353 g/mol. The molecule has 0 aromatic heterocycles. The molecular formula is C16H23N3O4S. The summed E-state index contributed by atoms with van der Waals surface area (Å²) in [5.74, 6) is -1.33. The molecule has 0 spiro atoms. The second kappa shape index (κ2) is 6.70. The maximum atomic E-state index is 12.5. The number of carbonyl (C=O) groups is 1. The van der Waals surface area contributed by atoms with E-state index in [-0.39, 0.29) is 12.3 Å². The molecule has 1 unspecified atom stereocenters. The van der Waals surface area contributed by atoms with Gasteiger partial charge in [-0.3, -0.25) is 10.0 Å². The number of hydroxylamine groups is 2. The van der Waals surface area contributed by atoms with Gasteiger partial charge in [0.05, 0.1) is 11.7 Å². The number of aryl methyl sites for hydroxylation is 1. The van der Waals surface area contributed by atoms with Crippen LogP contribution >= 0.6 is 0 Å². The van der Waals surface area contributed by atoms with E-state index in [2.05, 4.69) is 4.90 Å². The lowest BCUT2D eigenvalue weighted by Gasteiger charge is -2.35. The molecule has 1 atom stereocenters. The molecule has 2 saturated heterocycles. The Bertz CT molecular complexity index is 697. The number of hydrogen-bond acceptors (Lipinski definition) is 5. The SMILES string of the molecule is Cc1ccc(N2CCN(S(=O)(=O)CC3CCN(O)C3=O)CC2)cc1. The van der Waals surface area contributed by atoms with Gasteiger partial charge in [0, 0.05) is 38.4 Å². The highest BCUT2D eigenvalue weighted by Crippen LogP contribution is 2.22. The van der Waals surface area contributed by atoms with Crippen molar-refractivity contribution in [2.75, 3.05) is 43.4 Å². The van der Waals surface area contributed by atoms with Crippen LogP contribution in [0.15, 0.2) is 24.3 Å². The van der Waals surface area contributed by atoms with Gasteiger partial charge in [-0.1, -0.05) is 17.7 Å². The van der Waals surface area contributed by atoms with Crippen molar-refractivity contribution in [1.82, 2.24) is 9.37 Å². The molecule has 132 valence electrons. The van der Waals surface area contributed by atoms with Crippen molar-refractivity contribution in [3.05, 3.63) is 29.8 Å². The van der Waals surface area contributed by atoms with Crippen LogP contribution < -0.4 is 4.90 Å². The van der Waals surface area contributed by atoms with E-state index < -0.39 is 21.8 Å². The molecule has 2 aliphatic heterocycles. The van der Waals surface area contributed by atoms with E-state index in [1.165, 1.54) is 9.87 Å². The summed E-state index contributed by atoms with van der Waals surface area (Å²) in [6.07, 6.45) is 0.387. The first-order valence-electron chi connectivity index (χ1n) is 8.16. The second-order valence-corrected chi connectivity index (χ2v) is 8.46. The Kier molecular flexibility index (Phi) is 4.80. The summed E-state index contributed by atoms with van der Waals surface area (Å²) in [7, 11) is -3.49. The number of nitrogens with zero attached hydrogens (tertiary/aromatic N) is 3. The first-order valence-corrected chi connectivity index (χ1v) is 9.77. The fourth-order valence-electron chi connectivity index (χ4n) is 3.22. The zero-order valence-corrected chi connectivity index (χ0v) is 14.6. The Morgan fingerprint density at radius 3 is 2.25 bits per heavy atom. The number of piperazine rings is 1. The predicted molar refractivity (Wildman–Crippen MR) is 90.4 cm³/mol. The van der Waals surface area contributed by atoms with E-state index in [1.807, 2.05) is 31.2 Å². The molecule has 3 rings (SSSR count). The minimum absolute atomic E-state index is 0.209. The molecule has 0 saturated carbocycles. The zero-order valence-electron chi connectivity index (χ0n) is 13.8. The quantitative estimate of drug-likeness (QED) is 0.806. The van der Waals surface area contributed by atoms with Gasteiger partial charge in [0.2, 0.25) is 15.9 Å². The molecule has 2 aliphatic rings. The fraction of sp³-hybridized carbons (Fsp3) is 0.562. The monoisotopic (exact) mass is 353 g/mol. The number of benzene rings is 1. The van der Waals surface area contributed by atoms with E-state index >= 15 is 0 Å².